The van der Waals surface area contributed by atoms with E-state index in [-0.39, 0.29) is 12.0 Å². The lowest BCUT2D eigenvalue weighted by molar-refractivity contribution is -0.0998. The summed E-state index contributed by atoms with van der Waals surface area (Å²) in [5, 5.41) is 11.4. The van der Waals surface area contributed by atoms with Crippen LogP contribution in [-0.2, 0) is 4.43 Å². The van der Waals surface area contributed by atoms with E-state index >= 15 is 0 Å². The zero-order chi connectivity index (χ0) is 15.5. The summed E-state index contributed by atoms with van der Waals surface area (Å²) in [5.74, 6) is -0.0691. The van der Waals surface area contributed by atoms with E-state index in [1.807, 2.05) is 24.3 Å². The van der Waals surface area contributed by atoms with E-state index in [1.54, 1.807) is 0 Å². The van der Waals surface area contributed by atoms with Crippen LogP contribution in [0.5, 0.6) is 0 Å². The lowest BCUT2D eigenvalue weighted by atomic mass is 9.71. The minimum absolute atomic E-state index is 0.0691. The Labute approximate surface area is 130 Å². The van der Waals surface area contributed by atoms with Crippen molar-refractivity contribution in [2.75, 3.05) is 0 Å². The first kappa shape index (κ1) is 16.5. The Morgan fingerprint density at radius 3 is 2.52 bits per heavy atom. The van der Waals surface area contributed by atoms with Crippen molar-refractivity contribution >= 4 is 8.32 Å². The highest BCUT2D eigenvalue weighted by Gasteiger charge is 2.46. The number of benzene rings is 1. The lowest BCUT2D eigenvalue weighted by Gasteiger charge is -2.46. The van der Waals surface area contributed by atoms with Gasteiger partial charge in [-0.3, -0.25) is 0 Å². The van der Waals surface area contributed by atoms with Gasteiger partial charge in [0.05, 0.1) is 11.7 Å². The number of aliphatic hydroxyl groups is 1. The summed E-state index contributed by atoms with van der Waals surface area (Å²) in [6, 6.07) is 10.2. The van der Waals surface area contributed by atoms with Crippen LogP contribution in [0.1, 0.15) is 37.2 Å². The van der Waals surface area contributed by atoms with Crippen molar-refractivity contribution in [3.8, 4) is 0 Å². The number of hydrogen-bond donors (Lipinski definition) is 1. The summed E-state index contributed by atoms with van der Waals surface area (Å²) in [6.45, 7) is 10.5. The topological polar surface area (TPSA) is 29.5 Å². The molecule has 1 aliphatic rings. The van der Waals surface area contributed by atoms with E-state index in [2.05, 4.69) is 38.4 Å². The Kier molecular flexibility index (Phi) is 5.07. The van der Waals surface area contributed by atoms with Gasteiger partial charge in [-0.2, -0.15) is 0 Å². The average Bonchev–Trinajstić information content (AvgIpc) is 2.42. The molecular formula is C18H28O2Si. The lowest BCUT2D eigenvalue weighted by Crippen LogP contribution is -2.53. The number of rotatable bonds is 5. The van der Waals surface area contributed by atoms with E-state index < -0.39 is 13.9 Å². The predicted octanol–water partition coefficient (Wildman–Crippen LogP) is 4.48. The van der Waals surface area contributed by atoms with Crippen LogP contribution in [0, 0.1) is 0 Å². The molecule has 0 amide bonds. The van der Waals surface area contributed by atoms with Gasteiger partial charge in [0.15, 0.2) is 8.32 Å². The molecule has 2 rings (SSSR count). The molecule has 3 heteroatoms. The van der Waals surface area contributed by atoms with Crippen LogP contribution in [0.15, 0.2) is 43.0 Å². The smallest absolute Gasteiger partial charge is 0.184 e. The molecule has 1 saturated carbocycles. The second-order valence-electron chi connectivity index (χ2n) is 7.08. The molecule has 0 aromatic heterocycles. The van der Waals surface area contributed by atoms with Crippen LogP contribution in [0.2, 0.25) is 19.6 Å². The van der Waals surface area contributed by atoms with Crippen molar-refractivity contribution < 1.29 is 9.53 Å². The first-order valence-electron chi connectivity index (χ1n) is 7.94. The molecule has 0 bridgehead atoms. The van der Waals surface area contributed by atoms with Gasteiger partial charge in [-0.15, -0.1) is 6.58 Å². The first-order chi connectivity index (χ1) is 9.87. The molecule has 0 spiro atoms. The Balaban J connectivity index is 2.32. The summed E-state index contributed by atoms with van der Waals surface area (Å²) >= 11 is 0. The van der Waals surface area contributed by atoms with Gasteiger partial charge in [-0.1, -0.05) is 49.2 Å². The summed E-state index contributed by atoms with van der Waals surface area (Å²) in [4.78, 5) is 0. The zero-order valence-corrected chi connectivity index (χ0v) is 14.5. The third-order valence-corrected chi connectivity index (χ3v) is 5.27. The molecule has 1 fully saturated rings. The molecule has 2 nitrogen and oxygen atoms in total. The highest BCUT2D eigenvalue weighted by Crippen LogP contribution is 2.43. The van der Waals surface area contributed by atoms with E-state index in [1.165, 1.54) is 0 Å². The highest BCUT2D eigenvalue weighted by molar-refractivity contribution is 6.69. The van der Waals surface area contributed by atoms with E-state index in [9.17, 15) is 5.11 Å². The van der Waals surface area contributed by atoms with E-state index in [0.717, 1.165) is 31.2 Å². The molecule has 116 valence electrons. The van der Waals surface area contributed by atoms with Crippen LogP contribution < -0.4 is 0 Å². The zero-order valence-electron chi connectivity index (χ0n) is 13.5. The second kappa shape index (κ2) is 6.47. The fourth-order valence-corrected chi connectivity index (χ4v) is 4.56. The maximum absolute atomic E-state index is 11.4. The molecule has 21 heavy (non-hydrogen) atoms. The third kappa shape index (κ3) is 3.85. The van der Waals surface area contributed by atoms with Crippen LogP contribution in [-0.4, -0.2) is 25.1 Å². The minimum Gasteiger partial charge on any atom is -0.412 e. The standard InChI is InChI=1S/C18H28O2Si/c1-5-16(15-11-7-6-8-12-15)18(19)14-10-9-13-17(18)20-21(2,3)4/h5-8,11-12,16-17,19H,1,9-10,13-14H2,2-4H3/t16-,17+,18+/m0/s1. The average molecular weight is 305 g/mol. The summed E-state index contributed by atoms with van der Waals surface area (Å²) < 4.78 is 6.34. The molecule has 0 radical (unpaired) electrons. The Hall–Kier alpha value is -0.903. The van der Waals surface area contributed by atoms with Gasteiger partial charge in [0.25, 0.3) is 0 Å². The van der Waals surface area contributed by atoms with Gasteiger partial charge in [0.1, 0.15) is 0 Å². The Morgan fingerprint density at radius 1 is 1.29 bits per heavy atom. The number of hydrogen-bond acceptors (Lipinski definition) is 2. The highest BCUT2D eigenvalue weighted by atomic mass is 28.4. The molecule has 0 unspecified atom stereocenters. The van der Waals surface area contributed by atoms with Crippen LogP contribution in [0.4, 0.5) is 0 Å². The quantitative estimate of drug-likeness (QED) is 0.642. The third-order valence-electron chi connectivity index (χ3n) is 4.28. The molecule has 1 N–H and O–H groups in total. The molecular weight excluding hydrogens is 276 g/mol. The van der Waals surface area contributed by atoms with Crippen molar-refractivity contribution in [2.24, 2.45) is 0 Å². The maximum Gasteiger partial charge on any atom is 0.184 e. The molecule has 3 atom stereocenters. The van der Waals surface area contributed by atoms with Crippen molar-refractivity contribution in [1.82, 2.24) is 0 Å². The van der Waals surface area contributed by atoms with Crippen molar-refractivity contribution in [3.63, 3.8) is 0 Å². The minimum atomic E-state index is -1.69. The summed E-state index contributed by atoms with van der Waals surface area (Å²) in [5.41, 5.74) is 0.294. The van der Waals surface area contributed by atoms with E-state index in [0.29, 0.717) is 0 Å². The molecule has 1 aromatic carbocycles. The van der Waals surface area contributed by atoms with Gasteiger partial charge in [-0.05, 0) is 38.0 Å². The normalized spacial score (nSPS) is 28.1. The van der Waals surface area contributed by atoms with Crippen LogP contribution in [0.25, 0.3) is 0 Å². The molecule has 0 aliphatic heterocycles. The molecule has 0 heterocycles. The SMILES string of the molecule is C=C[C@@H](c1ccccc1)[C@]1(O)CCCC[C@H]1O[Si](C)(C)C. The predicted molar refractivity (Wildman–Crippen MR) is 91.0 cm³/mol. The Bertz CT molecular complexity index is 466. The molecule has 1 aliphatic carbocycles. The van der Waals surface area contributed by atoms with Crippen LogP contribution in [0.3, 0.4) is 0 Å². The fraction of sp³-hybridized carbons (Fsp3) is 0.556. The largest absolute Gasteiger partial charge is 0.412 e. The van der Waals surface area contributed by atoms with Crippen molar-refractivity contribution in [2.45, 2.75) is 62.9 Å². The molecule has 0 saturated heterocycles. The van der Waals surface area contributed by atoms with Crippen molar-refractivity contribution in [1.29, 1.82) is 0 Å². The first-order valence-corrected chi connectivity index (χ1v) is 11.4. The Morgan fingerprint density at radius 2 is 1.95 bits per heavy atom. The molecule has 1 aromatic rings. The van der Waals surface area contributed by atoms with Crippen molar-refractivity contribution in [3.05, 3.63) is 48.6 Å². The summed E-state index contributed by atoms with van der Waals surface area (Å²) in [7, 11) is -1.69. The monoisotopic (exact) mass is 304 g/mol. The van der Waals surface area contributed by atoms with Gasteiger partial charge in [0.2, 0.25) is 0 Å². The second-order valence-corrected chi connectivity index (χ2v) is 11.5. The van der Waals surface area contributed by atoms with Gasteiger partial charge in [-0.25, -0.2) is 0 Å². The summed E-state index contributed by atoms with van der Waals surface area (Å²) in [6.07, 6.45) is 5.73. The van der Waals surface area contributed by atoms with E-state index in [4.69, 9.17) is 4.43 Å². The fourth-order valence-electron chi connectivity index (χ4n) is 3.38. The van der Waals surface area contributed by atoms with Gasteiger partial charge >= 0.3 is 0 Å². The maximum atomic E-state index is 11.4. The van der Waals surface area contributed by atoms with Gasteiger partial charge < -0.3 is 9.53 Å². The van der Waals surface area contributed by atoms with Gasteiger partial charge in [0, 0.05) is 5.92 Å². The van der Waals surface area contributed by atoms with Crippen LogP contribution >= 0.6 is 0 Å².